The lowest BCUT2D eigenvalue weighted by molar-refractivity contribution is -0.123. The van der Waals surface area contributed by atoms with Crippen molar-refractivity contribution in [2.45, 2.75) is 31.3 Å². The molecule has 2 heterocycles. The van der Waals surface area contributed by atoms with E-state index in [1.165, 1.54) is 6.20 Å². The second-order valence-electron chi connectivity index (χ2n) is 6.50. The summed E-state index contributed by atoms with van der Waals surface area (Å²) in [5.41, 5.74) is 1.44. The molecule has 2 atom stereocenters. The van der Waals surface area contributed by atoms with Crippen LogP contribution in [0.4, 0.5) is 0 Å². The molecule has 136 valence electrons. The van der Waals surface area contributed by atoms with E-state index in [1.54, 1.807) is 18.3 Å². The number of nitrogens with zero attached hydrogens (tertiary/aromatic N) is 1. The Bertz CT molecular complexity index is 715. The van der Waals surface area contributed by atoms with E-state index in [0.29, 0.717) is 24.6 Å². The summed E-state index contributed by atoms with van der Waals surface area (Å²) in [6.07, 6.45) is 5.74. The predicted octanol–water partition coefficient (Wildman–Crippen LogP) is 1.29. The maximum absolute atomic E-state index is 12.7. The lowest BCUT2D eigenvalue weighted by atomic mass is 10.0. The molecule has 1 aliphatic rings. The number of rotatable bonds is 7. The fourth-order valence-corrected chi connectivity index (χ4v) is 3.08. The molecule has 6 heteroatoms. The average Bonchev–Trinajstić information content (AvgIpc) is 3.20. The minimum absolute atomic E-state index is 0.167. The molecule has 2 aromatic rings. The molecule has 26 heavy (non-hydrogen) atoms. The fourth-order valence-electron chi connectivity index (χ4n) is 3.08. The molecule has 0 spiro atoms. The summed E-state index contributed by atoms with van der Waals surface area (Å²) < 4.78 is 0. The normalized spacial score (nSPS) is 17.5. The molecule has 1 aromatic carbocycles. The summed E-state index contributed by atoms with van der Waals surface area (Å²) in [5, 5.41) is 9.17. The van der Waals surface area contributed by atoms with Gasteiger partial charge in [0.25, 0.3) is 5.91 Å². The molecule has 2 unspecified atom stereocenters. The van der Waals surface area contributed by atoms with Gasteiger partial charge in [-0.15, -0.1) is 0 Å². The smallest absolute Gasteiger partial charge is 0.253 e. The van der Waals surface area contributed by atoms with Crippen LogP contribution in [0.3, 0.4) is 0 Å². The van der Waals surface area contributed by atoms with Crippen LogP contribution in [0.25, 0.3) is 0 Å². The number of benzene rings is 1. The Labute approximate surface area is 153 Å². The van der Waals surface area contributed by atoms with Gasteiger partial charge in [-0.2, -0.15) is 0 Å². The predicted molar refractivity (Wildman–Crippen MR) is 99.7 cm³/mol. The number of pyridine rings is 1. The first-order valence-corrected chi connectivity index (χ1v) is 8.98. The van der Waals surface area contributed by atoms with Crippen LogP contribution in [0, 0.1) is 0 Å². The lowest BCUT2D eigenvalue weighted by Crippen LogP contribution is -2.50. The summed E-state index contributed by atoms with van der Waals surface area (Å²) >= 11 is 0. The topological polar surface area (TPSA) is 83.1 Å². The van der Waals surface area contributed by atoms with Crippen molar-refractivity contribution >= 4 is 11.8 Å². The number of carbonyl (C=O) groups is 2. The Morgan fingerprint density at radius 1 is 1.19 bits per heavy atom. The monoisotopic (exact) mass is 352 g/mol. The zero-order valence-electron chi connectivity index (χ0n) is 14.7. The van der Waals surface area contributed by atoms with E-state index in [1.807, 2.05) is 30.3 Å². The SMILES string of the molecule is O=C(NC(Cc1ccccc1)C(=O)NCC1CCCN1)c1cccnc1. The van der Waals surface area contributed by atoms with E-state index < -0.39 is 6.04 Å². The Morgan fingerprint density at radius 2 is 2.04 bits per heavy atom. The van der Waals surface area contributed by atoms with Gasteiger partial charge in [0.05, 0.1) is 5.56 Å². The van der Waals surface area contributed by atoms with Crippen LogP contribution in [0.5, 0.6) is 0 Å². The van der Waals surface area contributed by atoms with Gasteiger partial charge in [-0.25, -0.2) is 0 Å². The summed E-state index contributed by atoms with van der Waals surface area (Å²) in [6, 6.07) is 12.8. The van der Waals surface area contributed by atoms with E-state index in [2.05, 4.69) is 20.9 Å². The first kappa shape index (κ1) is 18.1. The number of aromatic nitrogens is 1. The van der Waals surface area contributed by atoms with Crippen molar-refractivity contribution in [2.75, 3.05) is 13.1 Å². The summed E-state index contributed by atoms with van der Waals surface area (Å²) in [5.74, 6) is -0.465. The van der Waals surface area contributed by atoms with E-state index in [4.69, 9.17) is 0 Å². The Hall–Kier alpha value is -2.73. The summed E-state index contributed by atoms with van der Waals surface area (Å²) in [6.45, 7) is 1.57. The molecule has 0 radical (unpaired) electrons. The number of hydrogen-bond donors (Lipinski definition) is 3. The third kappa shape index (κ3) is 5.13. The average molecular weight is 352 g/mol. The second kappa shape index (κ2) is 9.10. The Balaban J connectivity index is 1.66. The van der Waals surface area contributed by atoms with Gasteiger partial charge in [-0.1, -0.05) is 30.3 Å². The van der Waals surface area contributed by atoms with Crippen LogP contribution in [-0.4, -0.2) is 42.0 Å². The third-order valence-electron chi connectivity index (χ3n) is 4.51. The molecule has 3 rings (SSSR count). The zero-order chi connectivity index (χ0) is 18.2. The van der Waals surface area contributed by atoms with E-state index in [9.17, 15) is 9.59 Å². The van der Waals surface area contributed by atoms with Crippen LogP contribution >= 0.6 is 0 Å². The van der Waals surface area contributed by atoms with Crippen LogP contribution < -0.4 is 16.0 Å². The van der Waals surface area contributed by atoms with Gasteiger partial charge in [0.2, 0.25) is 5.91 Å². The standard InChI is InChI=1S/C20H24N4O2/c25-19(16-8-4-10-21-13-16)24-18(12-15-6-2-1-3-7-15)20(26)23-14-17-9-5-11-22-17/h1-4,6-8,10,13,17-18,22H,5,9,11-12,14H2,(H,23,26)(H,24,25). The first-order valence-electron chi connectivity index (χ1n) is 8.98. The van der Waals surface area contributed by atoms with Crippen molar-refractivity contribution in [1.82, 2.24) is 20.9 Å². The van der Waals surface area contributed by atoms with Crippen LogP contribution in [0.1, 0.15) is 28.8 Å². The highest BCUT2D eigenvalue weighted by Gasteiger charge is 2.23. The van der Waals surface area contributed by atoms with Gasteiger partial charge < -0.3 is 16.0 Å². The highest BCUT2D eigenvalue weighted by atomic mass is 16.2. The highest BCUT2D eigenvalue weighted by Crippen LogP contribution is 2.07. The molecule has 6 nitrogen and oxygen atoms in total. The minimum atomic E-state index is -0.633. The van der Waals surface area contributed by atoms with Gasteiger partial charge in [0.15, 0.2) is 0 Å². The Kier molecular flexibility index (Phi) is 6.33. The maximum Gasteiger partial charge on any atom is 0.253 e. The molecule has 1 aliphatic heterocycles. The summed E-state index contributed by atoms with van der Waals surface area (Å²) in [4.78, 5) is 29.1. The van der Waals surface area contributed by atoms with Crippen molar-refractivity contribution in [1.29, 1.82) is 0 Å². The molecule has 1 saturated heterocycles. The van der Waals surface area contributed by atoms with Gasteiger partial charge >= 0.3 is 0 Å². The highest BCUT2D eigenvalue weighted by molar-refractivity contribution is 5.97. The van der Waals surface area contributed by atoms with Gasteiger partial charge in [0, 0.05) is 31.4 Å². The molecule has 3 N–H and O–H groups in total. The first-order chi connectivity index (χ1) is 12.7. The van der Waals surface area contributed by atoms with Gasteiger partial charge in [0.1, 0.15) is 6.04 Å². The maximum atomic E-state index is 12.7. The second-order valence-corrected chi connectivity index (χ2v) is 6.50. The number of amides is 2. The lowest BCUT2D eigenvalue weighted by Gasteiger charge is -2.20. The molecule has 0 saturated carbocycles. The molecule has 0 aliphatic carbocycles. The number of carbonyl (C=O) groups excluding carboxylic acids is 2. The van der Waals surface area contributed by atoms with Crippen molar-refractivity contribution in [2.24, 2.45) is 0 Å². The van der Waals surface area contributed by atoms with Crippen LogP contribution in [0.15, 0.2) is 54.9 Å². The summed E-state index contributed by atoms with van der Waals surface area (Å²) in [7, 11) is 0. The Morgan fingerprint density at radius 3 is 2.73 bits per heavy atom. The molecule has 2 amide bonds. The number of nitrogens with one attached hydrogen (secondary N) is 3. The van der Waals surface area contributed by atoms with Crippen molar-refractivity contribution in [3.8, 4) is 0 Å². The van der Waals surface area contributed by atoms with Crippen LogP contribution in [-0.2, 0) is 11.2 Å². The third-order valence-corrected chi connectivity index (χ3v) is 4.51. The minimum Gasteiger partial charge on any atom is -0.353 e. The molecular formula is C20H24N4O2. The molecule has 1 aromatic heterocycles. The zero-order valence-corrected chi connectivity index (χ0v) is 14.7. The fraction of sp³-hybridized carbons (Fsp3) is 0.350. The van der Waals surface area contributed by atoms with Gasteiger partial charge in [-0.3, -0.25) is 14.6 Å². The molecule has 0 bridgehead atoms. The quantitative estimate of drug-likeness (QED) is 0.701. The van der Waals surface area contributed by atoms with E-state index in [0.717, 1.165) is 24.9 Å². The van der Waals surface area contributed by atoms with Crippen molar-refractivity contribution in [3.63, 3.8) is 0 Å². The number of hydrogen-bond acceptors (Lipinski definition) is 4. The van der Waals surface area contributed by atoms with Crippen molar-refractivity contribution < 1.29 is 9.59 Å². The largest absolute Gasteiger partial charge is 0.353 e. The molecular weight excluding hydrogens is 328 g/mol. The van der Waals surface area contributed by atoms with Crippen LogP contribution in [0.2, 0.25) is 0 Å². The molecule has 1 fully saturated rings. The van der Waals surface area contributed by atoms with E-state index in [-0.39, 0.29) is 11.8 Å². The van der Waals surface area contributed by atoms with Crippen molar-refractivity contribution in [3.05, 3.63) is 66.0 Å². The van der Waals surface area contributed by atoms with E-state index >= 15 is 0 Å². The van der Waals surface area contributed by atoms with Gasteiger partial charge in [-0.05, 0) is 37.1 Å².